The van der Waals surface area contributed by atoms with Gasteiger partial charge in [-0.25, -0.2) is 0 Å². The summed E-state index contributed by atoms with van der Waals surface area (Å²) in [5.74, 6) is 1.91. The Bertz CT molecular complexity index is 351. The number of hydrogen-bond acceptors (Lipinski definition) is 2. The lowest BCUT2D eigenvalue weighted by molar-refractivity contribution is 0.273. The summed E-state index contributed by atoms with van der Waals surface area (Å²) in [7, 11) is 1.87. The van der Waals surface area contributed by atoms with Crippen molar-refractivity contribution in [1.82, 2.24) is 10.2 Å². The Kier molecular flexibility index (Phi) is 4.42. The fourth-order valence-corrected chi connectivity index (χ4v) is 2.78. The largest absolute Gasteiger partial charge is 0.351 e. The highest BCUT2D eigenvalue weighted by molar-refractivity contribution is 7.09. The molecule has 1 aromatic heterocycles. The molecule has 1 aliphatic heterocycles. The lowest BCUT2D eigenvalue weighted by atomic mass is 10.00. The highest BCUT2D eigenvalue weighted by atomic mass is 32.1. The molecule has 0 bridgehead atoms. The number of hydrogen-bond donors (Lipinski definition) is 1. The van der Waals surface area contributed by atoms with Gasteiger partial charge in [-0.3, -0.25) is 4.99 Å². The van der Waals surface area contributed by atoms with Crippen molar-refractivity contribution in [1.29, 1.82) is 0 Å². The van der Waals surface area contributed by atoms with Crippen molar-refractivity contribution >= 4 is 17.3 Å². The van der Waals surface area contributed by atoms with E-state index < -0.39 is 0 Å². The number of aliphatic imine (C=N–C) groups is 1. The van der Waals surface area contributed by atoms with Crippen LogP contribution in [0.2, 0.25) is 0 Å². The Labute approximate surface area is 108 Å². The van der Waals surface area contributed by atoms with Crippen molar-refractivity contribution in [2.24, 2.45) is 10.9 Å². The van der Waals surface area contributed by atoms with Crippen LogP contribution in [0.3, 0.4) is 0 Å². The number of rotatable bonds is 2. The van der Waals surface area contributed by atoms with E-state index in [9.17, 15) is 0 Å². The number of thiophene rings is 1. The van der Waals surface area contributed by atoms with Gasteiger partial charge < -0.3 is 10.2 Å². The molecular formula is C13H21N3S. The van der Waals surface area contributed by atoms with Crippen LogP contribution < -0.4 is 5.32 Å². The molecule has 1 N–H and O–H groups in total. The molecule has 3 nitrogen and oxygen atoms in total. The van der Waals surface area contributed by atoms with Gasteiger partial charge >= 0.3 is 0 Å². The van der Waals surface area contributed by atoms with Crippen LogP contribution in [0.4, 0.5) is 0 Å². The molecule has 0 amide bonds. The monoisotopic (exact) mass is 251 g/mol. The van der Waals surface area contributed by atoms with Crippen molar-refractivity contribution in [2.75, 3.05) is 20.1 Å². The van der Waals surface area contributed by atoms with Crippen molar-refractivity contribution in [3.05, 3.63) is 22.4 Å². The molecule has 17 heavy (non-hydrogen) atoms. The lowest BCUT2D eigenvalue weighted by Crippen LogP contribution is -2.44. The van der Waals surface area contributed by atoms with E-state index in [1.165, 1.54) is 17.7 Å². The maximum absolute atomic E-state index is 4.37. The zero-order chi connectivity index (χ0) is 12.1. The maximum Gasteiger partial charge on any atom is 0.193 e. The minimum atomic E-state index is 0.863. The Hall–Kier alpha value is -1.03. The van der Waals surface area contributed by atoms with Crippen molar-refractivity contribution in [3.8, 4) is 0 Å². The van der Waals surface area contributed by atoms with E-state index >= 15 is 0 Å². The average Bonchev–Trinajstić information content (AvgIpc) is 2.85. The van der Waals surface area contributed by atoms with E-state index in [1.54, 1.807) is 11.3 Å². The molecule has 0 aromatic carbocycles. The van der Waals surface area contributed by atoms with Crippen LogP contribution in [0, 0.1) is 5.92 Å². The maximum atomic E-state index is 4.37. The highest BCUT2D eigenvalue weighted by Gasteiger charge is 2.18. The van der Waals surface area contributed by atoms with Gasteiger partial charge in [-0.2, -0.15) is 0 Å². The van der Waals surface area contributed by atoms with E-state index in [4.69, 9.17) is 0 Å². The van der Waals surface area contributed by atoms with E-state index in [2.05, 4.69) is 39.6 Å². The fourth-order valence-electron chi connectivity index (χ4n) is 2.13. The number of nitrogens with zero attached hydrogens (tertiary/aromatic N) is 2. The first-order chi connectivity index (χ1) is 8.29. The predicted octanol–water partition coefficient (Wildman–Crippen LogP) is 2.56. The fraction of sp³-hybridized carbons (Fsp3) is 0.615. The molecule has 0 saturated carbocycles. The summed E-state index contributed by atoms with van der Waals surface area (Å²) in [6.07, 6.45) is 2.55. The molecule has 0 atom stereocenters. The van der Waals surface area contributed by atoms with Crippen LogP contribution >= 0.6 is 11.3 Å². The summed E-state index contributed by atoms with van der Waals surface area (Å²) < 4.78 is 0. The third-order valence-corrected chi connectivity index (χ3v) is 4.17. The standard InChI is InChI=1S/C13H21N3S/c1-11-5-7-16(8-6-11)13(14-2)15-10-12-4-3-9-17-12/h3-4,9,11H,5-8,10H2,1-2H3,(H,14,15). The molecule has 0 radical (unpaired) electrons. The zero-order valence-corrected chi connectivity index (χ0v) is 11.5. The van der Waals surface area contributed by atoms with Crippen LogP contribution in [-0.2, 0) is 6.54 Å². The van der Waals surface area contributed by atoms with Gasteiger partial charge in [0.2, 0.25) is 0 Å². The molecule has 1 aromatic rings. The SMILES string of the molecule is CN=C(NCc1cccs1)N1CCC(C)CC1. The molecular weight excluding hydrogens is 230 g/mol. The zero-order valence-electron chi connectivity index (χ0n) is 10.6. The predicted molar refractivity (Wildman–Crippen MR) is 74.5 cm³/mol. The van der Waals surface area contributed by atoms with Crippen molar-refractivity contribution < 1.29 is 0 Å². The third kappa shape index (κ3) is 3.46. The Balaban J connectivity index is 1.85. The van der Waals surface area contributed by atoms with Crippen LogP contribution in [-0.4, -0.2) is 31.0 Å². The highest BCUT2D eigenvalue weighted by Crippen LogP contribution is 2.16. The first-order valence-corrected chi connectivity index (χ1v) is 7.15. The van der Waals surface area contributed by atoms with Gasteiger partial charge in [-0.05, 0) is 30.2 Å². The van der Waals surface area contributed by atoms with Crippen molar-refractivity contribution in [2.45, 2.75) is 26.3 Å². The normalized spacial score (nSPS) is 18.5. The Morgan fingerprint density at radius 1 is 1.53 bits per heavy atom. The smallest absolute Gasteiger partial charge is 0.193 e. The second-order valence-corrected chi connectivity index (χ2v) is 5.68. The topological polar surface area (TPSA) is 27.6 Å². The number of likely N-dealkylation sites (tertiary alicyclic amines) is 1. The summed E-state index contributed by atoms with van der Waals surface area (Å²) >= 11 is 1.79. The minimum absolute atomic E-state index is 0.863. The first kappa shape index (κ1) is 12.4. The van der Waals surface area contributed by atoms with Crippen LogP contribution in [0.25, 0.3) is 0 Å². The van der Waals surface area contributed by atoms with Crippen LogP contribution in [0.15, 0.2) is 22.5 Å². The lowest BCUT2D eigenvalue weighted by Gasteiger charge is -2.32. The van der Waals surface area contributed by atoms with Gasteiger partial charge in [-0.1, -0.05) is 13.0 Å². The summed E-state index contributed by atoms with van der Waals surface area (Å²) in [6, 6.07) is 4.25. The van der Waals surface area contributed by atoms with Gasteiger partial charge in [0.15, 0.2) is 5.96 Å². The van der Waals surface area contributed by atoms with E-state index in [0.717, 1.165) is 31.5 Å². The molecule has 94 valence electrons. The second-order valence-electron chi connectivity index (χ2n) is 4.65. The van der Waals surface area contributed by atoms with Gasteiger partial charge in [0.25, 0.3) is 0 Å². The molecule has 4 heteroatoms. The van der Waals surface area contributed by atoms with Gasteiger partial charge in [0.1, 0.15) is 0 Å². The molecule has 1 saturated heterocycles. The summed E-state index contributed by atoms with van der Waals surface area (Å²) in [4.78, 5) is 8.10. The van der Waals surface area contributed by atoms with Crippen LogP contribution in [0.5, 0.6) is 0 Å². The Morgan fingerprint density at radius 2 is 2.29 bits per heavy atom. The number of guanidine groups is 1. The molecule has 2 heterocycles. The number of nitrogens with one attached hydrogen (secondary N) is 1. The summed E-state index contributed by atoms with van der Waals surface area (Å²) in [6.45, 7) is 5.48. The first-order valence-electron chi connectivity index (χ1n) is 6.27. The molecule has 0 spiro atoms. The second kappa shape index (κ2) is 6.05. The summed E-state index contributed by atoms with van der Waals surface area (Å²) in [5, 5.41) is 5.56. The number of piperidine rings is 1. The summed E-state index contributed by atoms with van der Waals surface area (Å²) in [5.41, 5.74) is 0. The van der Waals surface area contributed by atoms with E-state index in [0.29, 0.717) is 0 Å². The van der Waals surface area contributed by atoms with Gasteiger partial charge in [0.05, 0.1) is 6.54 Å². The quantitative estimate of drug-likeness (QED) is 0.646. The molecule has 1 fully saturated rings. The Morgan fingerprint density at radius 3 is 2.88 bits per heavy atom. The van der Waals surface area contributed by atoms with E-state index in [-0.39, 0.29) is 0 Å². The minimum Gasteiger partial charge on any atom is -0.351 e. The third-order valence-electron chi connectivity index (χ3n) is 3.30. The molecule has 2 rings (SSSR count). The van der Waals surface area contributed by atoms with Gasteiger partial charge in [-0.15, -0.1) is 11.3 Å². The molecule has 0 aliphatic carbocycles. The average molecular weight is 251 g/mol. The molecule has 0 unspecified atom stereocenters. The van der Waals surface area contributed by atoms with E-state index in [1.807, 2.05) is 7.05 Å². The van der Waals surface area contributed by atoms with Crippen LogP contribution in [0.1, 0.15) is 24.6 Å². The van der Waals surface area contributed by atoms with Gasteiger partial charge in [0, 0.05) is 25.0 Å². The molecule has 1 aliphatic rings. The van der Waals surface area contributed by atoms with Crippen molar-refractivity contribution in [3.63, 3.8) is 0 Å².